The van der Waals surface area contributed by atoms with E-state index in [0.29, 0.717) is 18.8 Å². The molecule has 0 aliphatic carbocycles. The van der Waals surface area contributed by atoms with E-state index in [0.717, 1.165) is 24.8 Å². The van der Waals surface area contributed by atoms with Crippen LogP contribution in [0.1, 0.15) is 38.7 Å². The van der Waals surface area contributed by atoms with Crippen molar-refractivity contribution in [2.24, 2.45) is 11.7 Å². The number of amides is 2. The van der Waals surface area contributed by atoms with Gasteiger partial charge in [-0.05, 0) is 36.5 Å². The van der Waals surface area contributed by atoms with Crippen LogP contribution in [0.25, 0.3) is 0 Å². The summed E-state index contributed by atoms with van der Waals surface area (Å²) in [6, 6.07) is 6.92. The van der Waals surface area contributed by atoms with Crippen molar-refractivity contribution in [2.45, 2.75) is 51.8 Å². The third kappa shape index (κ3) is 5.04. The predicted octanol–water partition coefficient (Wildman–Crippen LogP) is 1.79. The molecule has 0 bridgehead atoms. The number of hydrogen-bond acceptors (Lipinski definition) is 4. The Morgan fingerprint density at radius 2 is 2.21 bits per heavy atom. The van der Waals surface area contributed by atoms with Gasteiger partial charge < -0.3 is 21.1 Å². The Morgan fingerprint density at radius 3 is 2.88 bits per heavy atom. The molecule has 1 aromatic carbocycles. The molecule has 0 spiro atoms. The molecule has 24 heavy (non-hydrogen) atoms. The standard InChI is InChI=1S/C18H27N3O3/c1-3-12(2)16(19)18(23)20-11-13-6-4-7-14(10-13)21-17(22)15-8-5-9-24-15/h4,6-7,10,12,15-16H,3,5,8-9,11,19H2,1-2H3,(H,20,23)(H,21,22). The van der Waals surface area contributed by atoms with E-state index in [9.17, 15) is 9.59 Å². The molecule has 3 unspecified atom stereocenters. The zero-order valence-corrected chi connectivity index (χ0v) is 14.4. The van der Waals surface area contributed by atoms with Gasteiger partial charge in [0.2, 0.25) is 5.91 Å². The molecule has 1 fully saturated rings. The van der Waals surface area contributed by atoms with Gasteiger partial charge in [0.05, 0.1) is 6.04 Å². The smallest absolute Gasteiger partial charge is 0.253 e. The molecule has 4 N–H and O–H groups in total. The minimum absolute atomic E-state index is 0.118. The van der Waals surface area contributed by atoms with Crippen molar-refractivity contribution < 1.29 is 14.3 Å². The lowest BCUT2D eigenvalue weighted by atomic mass is 9.99. The number of nitrogens with one attached hydrogen (secondary N) is 2. The van der Waals surface area contributed by atoms with Crippen molar-refractivity contribution in [1.29, 1.82) is 0 Å². The molecule has 1 aliphatic heterocycles. The van der Waals surface area contributed by atoms with E-state index in [4.69, 9.17) is 10.5 Å². The first-order valence-corrected chi connectivity index (χ1v) is 8.56. The lowest BCUT2D eigenvalue weighted by molar-refractivity contribution is -0.125. The van der Waals surface area contributed by atoms with Gasteiger partial charge in [-0.2, -0.15) is 0 Å². The highest BCUT2D eigenvalue weighted by atomic mass is 16.5. The molecule has 1 heterocycles. The number of carbonyl (C=O) groups is 2. The van der Waals surface area contributed by atoms with Gasteiger partial charge in [0, 0.05) is 18.8 Å². The van der Waals surface area contributed by atoms with Crippen LogP contribution in [0.5, 0.6) is 0 Å². The molecule has 0 radical (unpaired) electrons. The second-order valence-electron chi connectivity index (χ2n) is 6.32. The van der Waals surface area contributed by atoms with Crippen LogP contribution in [0.4, 0.5) is 5.69 Å². The molecule has 1 saturated heterocycles. The Labute approximate surface area is 143 Å². The number of ether oxygens (including phenoxy) is 1. The van der Waals surface area contributed by atoms with Gasteiger partial charge in [0.1, 0.15) is 6.10 Å². The molecule has 6 nitrogen and oxygen atoms in total. The van der Waals surface area contributed by atoms with Gasteiger partial charge in [0.15, 0.2) is 0 Å². The SMILES string of the molecule is CCC(C)C(N)C(=O)NCc1cccc(NC(=O)C2CCCO2)c1. The number of hydrogen-bond donors (Lipinski definition) is 3. The fraction of sp³-hybridized carbons (Fsp3) is 0.556. The zero-order chi connectivity index (χ0) is 17.5. The topological polar surface area (TPSA) is 93.5 Å². The molecule has 0 aromatic heterocycles. The van der Waals surface area contributed by atoms with E-state index in [1.165, 1.54) is 0 Å². The minimum atomic E-state index is -0.502. The third-order valence-corrected chi connectivity index (χ3v) is 4.44. The summed E-state index contributed by atoms with van der Waals surface area (Å²) < 4.78 is 5.37. The molecule has 2 rings (SSSR count). The molecule has 132 valence electrons. The summed E-state index contributed by atoms with van der Waals surface area (Å²) in [5, 5.41) is 5.71. The first-order chi connectivity index (χ1) is 11.5. The van der Waals surface area contributed by atoms with Crippen LogP contribution in [-0.2, 0) is 20.9 Å². The van der Waals surface area contributed by atoms with Crippen molar-refractivity contribution in [3.63, 3.8) is 0 Å². The van der Waals surface area contributed by atoms with Gasteiger partial charge in [-0.1, -0.05) is 32.4 Å². The lowest BCUT2D eigenvalue weighted by Crippen LogP contribution is -2.44. The van der Waals surface area contributed by atoms with Crippen LogP contribution in [0.15, 0.2) is 24.3 Å². The summed E-state index contributed by atoms with van der Waals surface area (Å²) in [6.07, 6.45) is 2.18. The Kier molecular flexibility index (Phi) is 6.75. The zero-order valence-electron chi connectivity index (χ0n) is 14.4. The van der Waals surface area contributed by atoms with E-state index < -0.39 is 6.04 Å². The molecule has 1 aliphatic rings. The van der Waals surface area contributed by atoms with Crippen LogP contribution in [-0.4, -0.2) is 30.6 Å². The molecule has 1 aromatic rings. The molecule has 2 amide bonds. The lowest BCUT2D eigenvalue weighted by Gasteiger charge is -2.18. The third-order valence-electron chi connectivity index (χ3n) is 4.44. The maximum atomic E-state index is 12.1. The van der Waals surface area contributed by atoms with Crippen LogP contribution in [0, 0.1) is 5.92 Å². The van der Waals surface area contributed by atoms with Gasteiger partial charge in [-0.25, -0.2) is 0 Å². The highest BCUT2D eigenvalue weighted by Crippen LogP contribution is 2.16. The predicted molar refractivity (Wildman–Crippen MR) is 93.3 cm³/mol. The number of nitrogens with two attached hydrogens (primary N) is 1. The summed E-state index contributed by atoms with van der Waals surface area (Å²) in [4.78, 5) is 24.1. The van der Waals surface area contributed by atoms with Gasteiger partial charge in [-0.3, -0.25) is 9.59 Å². The van der Waals surface area contributed by atoms with E-state index in [1.807, 2.05) is 38.1 Å². The van der Waals surface area contributed by atoms with Crippen molar-refractivity contribution in [3.8, 4) is 0 Å². The number of rotatable bonds is 7. The second kappa shape index (κ2) is 8.80. The molecule has 3 atom stereocenters. The van der Waals surface area contributed by atoms with Gasteiger partial charge in [0.25, 0.3) is 5.91 Å². The quantitative estimate of drug-likeness (QED) is 0.709. The normalized spacial score (nSPS) is 19.5. The van der Waals surface area contributed by atoms with Crippen molar-refractivity contribution in [2.75, 3.05) is 11.9 Å². The van der Waals surface area contributed by atoms with Crippen LogP contribution in [0.3, 0.4) is 0 Å². The Morgan fingerprint density at radius 1 is 1.42 bits per heavy atom. The fourth-order valence-electron chi connectivity index (χ4n) is 2.59. The Hall–Kier alpha value is -1.92. The Balaban J connectivity index is 1.88. The molecule has 6 heteroatoms. The van der Waals surface area contributed by atoms with Crippen molar-refractivity contribution in [1.82, 2.24) is 5.32 Å². The summed E-state index contributed by atoms with van der Waals surface area (Å²) in [5.74, 6) is -0.132. The largest absolute Gasteiger partial charge is 0.368 e. The van der Waals surface area contributed by atoms with Crippen LogP contribution < -0.4 is 16.4 Å². The summed E-state index contributed by atoms with van der Waals surface area (Å²) in [7, 11) is 0. The van der Waals surface area contributed by atoms with Crippen molar-refractivity contribution in [3.05, 3.63) is 29.8 Å². The monoisotopic (exact) mass is 333 g/mol. The summed E-state index contributed by atoms with van der Waals surface area (Å²) in [5.41, 5.74) is 7.53. The number of carbonyl (C=O) groups excluding carboxylic acids is 2. The highest BCUT2D eigenvalue weighted by Gasteiger charge is 2.23. The summed E-state index contributed by atoms with van der Waals surface area (Å²) >= 11 is 0. The van der Waals surface area contributed by atoms with Gasteiger partial charge >= 0.3 is 0 Å². The van der Waals surface area contributed by atoms with Crippen LogP contribution in [0.2, 0.25) is 0 Å². The van der Waals surface area contributed by atoms with Crippen molar-refractivity contribution >= 4 is 17.5 Å². The second-order valence-corrected chi connectivity index (χ2v) is 6.32. The van der Waals surface area contributed by atoms with E-state index >= 15 is 0 Å². The number of benzene rings is 1. The average molecular weight is 333 g/mol. The van der Waals surface area contributed by atoms with E-state index in [1.54, 1.807) is 0 Å². The maximum Gasteiger partial charge on any atom is 0.253 e. The number of anilines is 1. The highest BCUT2D eigenvalue weighted by molar-refractivity contribution is 5.94. The first-order valence-electron chi connectivity index (χ1n) is 8.56. The minimum Gasteiger partial charge on any atom is -0.368 e. The maximum absolute atomic E-state index is 12.1. The Bertz CT molecular complexity index is 570. The van der Waals surface area contributed by atoms with E-state index in [-0.39, 0.29) is 23.8 Å². The van der Waals surface area contributed by atoms with E-state index in [2.05, 4.69) is 10.6 Å². The molecular weight excluding hydrogens is 306 g/mol. The molecular formula is C18H27N3O3. The summed E-state index contributed by atoms with van der Waals surface area (Å²) in [6.45, 7) is 5.00. The molecule has 0 saturated carbocycles. The average Bonchev–Trinajstić information content (AvgIpc) is 3.13. The first kappa shape index (κ1) is 18.4. The van der Waals surface area contributed by atoms with Crippen LogP contribution >= 0.6 is 0 Å². The fourth-order valence-corrected chi connectivity index (χ4v) is 2.59. The van der Waals surface area contributed by atoms with Gasteiger partial charge in [-0.15, -0.1) is 0 Å².